The molecule has 0 saturated carbocycles. The maximum Gasteiger partial charge on any atom is 0.410 e. The summed E-state index contributed by atoms with van der Waals surface area (Å²) in [6.07, 6.45) is 0.618. The molecule has 0 aliphatic carbocycles. The second-order valence-corrected chi connectivity index (χ2v) is 7.50. The van der Waals surface area contributed by atoms with E-state index < -0.39 is 11.6 Å². The molecule has 1 amide bonds. The van der Waals surface area contributed by atoms with Crippen molar-refractivity contribution < 1.29 is 28.6 Å². The number of nitrogens with zero attached hydrogens (tertiary/aromatic N) is 1. The minimum Gasteiger partial charge on any atom is -0.497 e. The van der Waals surface area contributed by atoms with Gasteiger partial charge in [0.1, 0.15) is 11.4 Å². The van der Waals surface area contributed by atoms with Crippen LogP contribution in [0.25, 0.3) is 0 Å². The van der Waals surface area contributed by atoms with Gasteiger partial charge in [0, 0.05) is 18.7 Å². The number of carbonyl (C=O) groups excluding carboxylic acids is 3. The molecular weight excluding hydrogens is 350 g/mol. The molecule has 0 spiro atoms. The summed E-state index contributed by atoms with van der Waals surface area (Å²) in [6.45, 7) is 6.01. The zero-order valence-electron chi connectivity index (χ0n) is 16.3. The largest absolute Gasteiger partial charge is 0.497 e. The number of rotatable bonds is 5. The van der Waals surface area contributed by atoms with Gasteiger partial charge in [0.15, 0.2) is 12.4 Å². The number of hydrogen-bond acceptors (Lipinski definition) is 6. The fourth-order valence-corrected chi connectivity index (χ4v) is 2.74. The van der Waals surface area contributed by atoms with E-state index in [1.807, 2.05) is 20.8 Å². The third-order valence-corrected chi connectivity index (χ3v) is 4.24. The normalized spacial score (nSPS) is 15.2. The minimum absolute atomic E-state index is 0.266. The van der Waals surface area contributed by atoms with Crippen LogP contribution in [-0.4, -0.2) is 55.2 Å². The predicted octanol–water partition coefficient (Wildman–Crippen LogP) is 3.07. The summed E-state index contributed by atoms with van der Waals surface area (Å²) >= 11 is 0. The Morgan fingerprint density at radius 1 is 1.07 bits per heavy atom. The lowest BCUT2D eigenvalue weighted by Gasteiger charge is -2.32. The Bertz CT molecular complexity index is 669. The Hall–Kier alpha value is -2.57. The number of carbonyl (C=O) groups is 3. The van der Waals surface area contributed by atoms with Crippen molar-refractivity contribution in [1.29, 1.82) is 0 Å². The zero-order chi connectivity index (χ0) is 20.0. The Kier molecular flexibility index (Phi) is 6.82. The van der Waals surface area contributed by atoms with Crippen molar-refractivity contribution in [3.05, 3.63) is 29.8 Å². The van der Waals surface area contributed by atoms with Crippen LogP contribution in [-0.2, 0) is 14.3 Å². The zero-order valence-corrected chi connectivity index (χ0v) is 16.3. The topological polar surface area (TPSA) is 82.1 Å². The molecule has 0 bridgehead atoms. The lowest BCUT2D eigenvalue weighted by Crippen LogP contribution is -2.43. The minimum atomic E-state index is -0.547. The summed E-state index contributed by atoms with van der Waals surface area (Å²) in [6, 6.07) is 6.63. The number of Topliss-reactive ketones (excluding diaryl/α,β-unsaturated/α-hetero) is 1. The van der Waals surface area contributed by atoms with Crippen LogP contribution < -0.4 is 4.74 Å². The Balaban J connectivity index is 1.77. The van der Waals surface area contributed by atoms with E-state index in [-0.39, 0.29) is 24.4 Å². The molecule has 1 aromatic rings. The third kappa shape index (κ3) is 6.27. The van der Waals surface area contributed by atoms with Crippen LogP contribution in [0, 0.1) is 5.92 Å². The first kappa shape index (κ1) is 20.7. The fourth-order valence-electron chi connectivity index (χ4n) is 2.74. The van der Waals surface area contributed by atoms with Crippen molar-refractivity contribution in [2.24, 2.45) is 5.92 Å². The van der Waals surface area contributed by atoms with Crippen LogP contribution in [0.4, 0.5) is 4.79 Å². The number of methoxy groups -OCH3 is 1. The van der Waals surface area contributed by atoms with Gasteiger partial charge in [-0.25, -0.2) is 4.79 Å². The van der Waals surface area contributed by atoms with E-state index in [1.54, 1.807) is 36.3 Å². The Morgan fingerprint density at radius 2 is 1.67 bits per heavy atom. The number of ether oxygens (including phenoxy) is 3. The first-order valence-electron chi connectivity index (χ1n) is 9.01. The molecule has 1 saturated heterocycles. The van der Waals surface area contributed by atoms with Gasteiger partial charge >= 0.3 is 12.1 Å². The Morgan fingerprint density at radius 3 is 2.19 bits per heavy atom. The van der Waals surface area contributed by atoms with Crippen molar-refractivity contribution in [2.75, 3.05) is 26.8 Å². The molecule has 1 aliphatic rings. The molecule has 0 N–H and O–H groups in total. The molecule has 7 heteroatoms. The van der Waals surface area contributed by atoms with Gasteiger partial charge in [0.2, 0.25) is 0 Å². The smallest absolute Gasteiger partial charge is 0.410 e. The molecule has 148 valence electrons. The van der Waals surface area contributed by atoms with Gasteiger partial charge in [-0.15, -0.1) is 0 Å². The molecule has 1 fully saturated rings. The van der Waals surface area contributed by atoms with Crippen LogP contribution in [0.5, 0.6) is 5.75 Å². The van der Waals surface area contributed by atoms with Crippen molar-refractivity contribution in [3.8, 4) is 5.75 Å². The number of benzene rings is 1. The van der Waals surface area contributed by atoms with Crippen molar-refractivity contribution in [1.82, 2.24) is 4.90 Å². The van der Waals surface area contributed by atoms with Crippen LogP contribution in [0.3, 0.4) is 0 Å². The highest BCUT2D eigenvalue weighted by molar-refractivity contribution is 5.98. The molecule has 1 aromatic carbocycles. The number of amides is 1. The molecule has 1 aliphatic heterocycles. The van der Waals surface area contributed by atoms with E-state index in [0.29, 0.717) is 37.2 Å². The van der Waals surface area contributed by atoms with Crippen LogP contribution in [0.2, 0.25) is 0 Å². The van der Waals surface area contributed by atoms with E-state index in [4.69, 9.17) is 14.2 Å². The van der Waals surface area contributed by atoms with Crippen molar-refractivity contribution in [2.45, 2.75) is 39.2 Å². The summed E-state index contributed by atoms with van der Waals surface area (Å²) < 4.78 is 15.6. The summed E-state index contributed by atoms with van der Waals surface area (Å²) in [7, 11) is 1.55. The molecular formula is C20H27NO6. The molecule has 27 heavy (non-hydrogen) atoms. The van der Waals surface area contributed by atoms with Gasteiger partial charge in [-0.2, -0.15) is 0 Å². The van der Waals surface area contributed by atoms with Gasteiger partial charge in [-0.3, -0.25) is 9.59 Å². The average Bonchev–Trinajstić information content (AvgIpc) is 2.64. The fraction of sp³-hybridized carbons (Fsp3) is 0.550. The van der Waals surface area contributed by atoms with E-state index in [1.165, 1.54) is 0 Å². The predicted molar refractivity (Wildman–Crippen MR) is 98.8 cm³/mol. The van der Waals surface area contributed by atoms with Crippen LogP contribution >= 0.6 is 0 Å². The quantitative estimate of drug-likeness (QED) is 0.579. The lowest BCUT2D eigenvalue weighted by atomic mass is 9.97. The number of ketones is 1. The monoisotopic (exact) mass is 377 g/mol. The molecule has 7 nitrogen and oxygen atoms in total. The first-order chi connectivity index (χ1) is 12.7. The van der Waals surface area contributed by atoms with E-state index >= 15 is 0 Å². The molecule has 1 heterocycles. The van der Waals surface area contributed by atoms with E-state index in [0.717, 1.165) is 0 Å². The third-order valence-electron chi connectivity index (χ3n) is 4.24. The second-order valence-electron chi connectivity index (χ2n) is 7.50. The number of likely N-dealkylation sites (tertiary alicyclic amines) is 1. The van der Waals surface area contributed by atoms with Crippen molar-refractivity contribution >= 4 is 17.8 Å². The second kappa shape index (κ2) is 8.88. The lowest BCUT2D eigenvalue weighted by molar-refractivity contribution is -0.149. The highest BCUT2D eigenvalue weighted by atomic mass is 16.6. The SMILES string of the molecule is COc1ccc(C(=O)COC(=O)C2CCN(C(=O)OC(C)(C)C)CC2)cc1. The summed E-state index contributed by atoms with van der Waals surface area (Å²) in [5.74, 6) is -0.328. The van der Waals surface area contributed by atoms with Gasteiger partial charge in [0.25, 0.3) is 0 Å². The highest BCUT2D eigenvalue weighted by Crippen LogP contribution is 2.21. The number of esters is 1. The molecule has 0 atom stereocenters. The molecule has 0 unspecified atom stereocenters. The van der Waals surface area contributed by atoms with Crippen molar-refractivity contribution in [3.63, 3.8) is 0 Å². The summed E-state index contributed by atoms with van der Waals surface area (Å²) in [5.41, 5.74) is -0.0855. The Labute approximate surface area is 159 Å². The molecule has 0 radical (unpaired) electrons. The average molecular weight is 377 g/mol. The number of hydrogen-bond donors (Lipinski definition) is 0. The van der Waals surface area contributed by atoms with E-state index in [9.17, 15) is 14.4 Å². The highest BCUT2D eigenvalue weighted by Gasteiger charge is 2.31. The number of piperidine rings is 1. The van der Waals surface area contributed by atoms with Gasteiger partial charge in [0.05, 0.1) is 13.0 Å². The van der Waals surface area contributed by atoms with Gasteiger partial charge < -0.3 is 19.1 Å². The molecule has 2 rings (SSSR count). The standard InChI is InChI=1S/C20H27NO6/c1-20(2,3)27-19(24)21-11-9-15(10-12-21)18(23)26-13-17(22)14-5-7-16(25-4)8-6-14/h5-8,15H,9-13H2,1-4H3. The van der Waals surface area contributed by atoms with Crippen LogP contribution in [0.15, 0.2) is 24.3 Å². The van der Waals surface area contributed by atoms with Gasteiger partial charge in [-0.1, -0.05) is 0 Å². The maximum absolute atomic E-state index is 12.2. The van der Waals surface area contributed by atoms with E-state index in [2.05, 4.69) is 0 Å². The molecule has 0 aromatic heterocycles. The summed E-state index contributed by atoms with van der Waals surface area (Å²) in [5, 5.41) is 0. The van der Waals surface area contributed by atoms with Gasteiger partial charge in [-0.05, 0) is 57.9 Å². The summed E-state index contributed by atoms with van der Waals surface area (Å²) in [4.78, 5) is 38.0. The first-order valence-corrected chi connectivity index (χ1v) is 9.01. The van der Waals surface area contributed by atoms with Crippen LogP contribution in [0.1, 0.15) is 44.0 Å². The maximum atomic E-state index is 12.2.